The predicted molar refractivity (Wildman–Crippen MR) is 68.5 cm³/mol. The highest BCUT2D eigenvalue weighted by Gasteiger charge is 2.16. The van der Waals surface area contributed by atoms with Gasteiger partial charge in [-0.15, -0.1) is 0 Å². The molecule has 0 atom stereocenters. The molecule has 18 heavy (non-hydrogen) atoms. The zero-order valence-electron chi connectivity index (χ0n) is 10.2. The number of anilines is 1. The minimum absolute atomic E-state index is 0.0356. The van der Waals surface area contributed by atoms with Crippen molar-refractivity contribution in [3.8, 4) is 0 Å². The van der Waals surface area contributed by atoms with Gasteiger partial charge < -0.3 is 10.1 Å². The zero-order chi connectivity index (χ0) is 12.4. The number of morpholine rings is 1. The fraction of sp³-hybridized carbons (Fsp3) is 0.462. The van der Waals surface area contributed by atoms with E-state index in [0.29, 0.717) is 13.2 Å². The van der Waals surface area contributed by atoms with Crippen LogP contribution in [-0.4, -0.2) is 43.8 Å². The van der Waals surface area contributed by atoms with Gasteiger partial charge in [-0.05, 0) is 30.2 Å². The maximum atomic E-state index is 12.1. The number of hydrogen-bond acceptors (Lipinski definition) is 4. The monoisotopic (exact) mass is 247 g/mol. The molecule has 2 heterocycles. The third kappa shape index (κ3) is 2.32. The van der Waals surface area contributed by atoms with Gasteiger partial charge in [-0.3, -0.25) is 10.2 Å². The van der Waals surface area contributed by atoms with Gasteiger partial charge in [-0.2, -0.15) is 0 Å². The molecule has 3 rings (SSSR count). The largest absolute Gasteiger partial charge is 0.384 e. The lowest BCUT2D eigenvalue weighted by molar-refractivity contribution is 0.0126. The van der Waals surface area contributed by atoms with Crippen LogP contribution in [0.15, 0.2) is 18.2 Å². The summed E-state index contributed by atoms with van der Waals surface area (Å²) in [6, 6.07) is 5.83. The highest BCUT2D eigenvalue weighted by molar-refractivity contribution is 5.94. The Morgan fingerprint density at radius 2 is 2.17 bits per heavy atom. The van der Waals surface area contributed by atoms with Crippen molar-refractivity contribution in [2.45, 2.75) is 6.42 Å². The summed E-state index contributed by atoms with van der Waals surface area (Å²) in [5, 5.41) is 5.20. The molecule has 1 saturated heterocycles. The Bertz CT molecular complexity index is 456. The SMILES string of the molecule is O=C(NN1CCOCC1)c1ccc2c(c1)CCN2. The first-order valence-corrected chi connectivity index (χ1v) is 6.33. The van der Waals surface area contributed by atoms with Crippen LogP contribution < -0.4 is 10.7 Å². The van der Waals surface area contributed by atoms with E-state index in [2.05, 4.69) is 10.7 Å². The van der Waals surface area contributed by atoms with Crippen LogP contribution in [0.25, 0.3) is 0 Å². The normalized spacial score (nSPS) is 19.1. The first-order chi connectivity index (χ1) is 8.83. The van der Waals surface area contributed by atoms with Gasteiger partial charge in [0.05, 0.1) is 13.2 Å². The Morgan fingerprint density at radius 1 is 1.33 bits per heavy atom. The van der Waals surface area contributed by atoms with Crippen LogP contribution >= 0.6 is 0 Å². The molecule has 2 aliphatic heterocycles. The molecule has 0 bridgehead atoms. The molecular formula is C13H17N3O2. The number of benzene rings is 1. The van der Waals surface area contributed by atoms with Gasteiger partial charge in [0.25, 0.3) is 5.91 Å². The molecule has 1 fully saturated rings. The standard InChI is InChI=1S/C13H17N3O2/c17-13(15-16-5-7-18-8-6-16)11-1-2-12-10(9-11)3-4-14-12/h1-2,9,14H,3-8H2,(H,15,17). The molecule has 5 heteroatoms. The fourth-order valence-corrected chi connectivity index (χ4v) is 2.33. The molecule has 1 amide bonds. The number of carbonyl (C=O) groups excluding carboxylic acids is 1. The first-order valence-electron chi connectivity index (χ1n) is 6.33. The molecule has 1 aromatic carbocycles. The lowest BCUT2D eigenvalue weighted by Gasteiger charge is -2.26. The summed E-state index contributed by atoms with van der Waals surface area (Å²) in [5.74, 6) is -0.0356. The molecule has 2 N–H and O–H groups in total. The van der Waals surface area contributed by atoms with Crippen LogP contribution in [0.3, 0.4) is 0 Å². The molecule has 0 spiro atoms. The van der Waals surface area contributed by atoms with E-state index in [4.69, 9.17) is 4.74 Å². The summed E-state index contributed by atoms with van der Waals surface area (Å²) in [5.41, 5.74) is 6.02. The van der Waals surface area contributed by atoms with Crippen LogP contribution in [0.5, 0.6) is 0 Å². The summed E-state index contributed by atoms with van der Waals surface area (Å²) in [6.45, 7) is 3.81. The second-order valence-corrected chi connectivity index (χ2v) is 4.59. The summed E-state index contributed by atoms with van der Waals surface area (Å²) < 4.78 is 5.25. The highest BCUT2D eigenvalue weighted by Crippen LogP contribution is 2.22. The minimum Gasteiger partial charge on any atom is -0.384 e. The van der Waals surface area contributed by atoms with E-state index in [1.54, 1.807) is 0 Å². The van der Waals surface area contributed by atoms with Gasteiger partial charge >= 0.3 is 0 Å². The van der Waals surface area contributed by atoms with Gasteiger partial charge in [-0.1, -0.05) is 0 Å². The highest BCUT2D eigenvalue weighted by atomic mass is 16.5. The average molecular weight is 247 g/mol. The molecule has 0 unspecified atom stereocenters. The van der Waals surface area contributed by atoms with Crippen molar-refractivity contribution in [1.82, 2.24) is 10.4 Å². The third-order valence-corrected chi connectivity index (χ3v) is 3.35. The second-order valence-electron chi connectivity index (χ2n) is 4.59. The smallest absolute Gasteiger partial charge is 0.265 e. The van der Waals surface area contributed by atoms with E-state index in [-0.39, 0.29) is 5.91 Å². The van der Waals surface area contributed by atoms with Crippen LogP contribution in [-0.2, 0) is 11.2 Å². The number of fused-ring (bicyclic) bond motifs is 1. The number of nitrogens with one attached hydrogen (secondary N) is 2. The van der Waals surface area contributed by atoms with Crippen molar-refractivity contribution in [3.05, 3.63) is 29.3 Å². The third-order valence-electron chi connectivity index (χ3n) is 3.35. The van der Waals surface area contributed by atoms with Gasteiger partial charge in [0.2, 0.25) is 0 Å². The van der Waals surface area contributed by atoms with E-state index >= 15 is 0 Å². The molecule has 0 aromatic heterocycles. The summed E-state index contributed by atoms with van der Waals surface area (Å²) in [6.07, 6.45) is 0.994. The minimum atomic E-state index is -0.0356. The van der Waals surface area contributed by atoms with Crippen molar-refractivity contribution in [1.29, 1.82) is 0 Å². The number of hydrogen-bond donors (Lipinski definition) is 2. The number of rotatable bonds is 2. The molecule has 0 radical (unpaired) electrons. The van der Waals surface area contributed by atoms with Crippen molar-refractivity contribution in [3.63, 3.8) is 0 Å². The Morgan fingerprint density at radius 3 is 3.00 bits per heavy atom. The summed E-state index contributed by atoms with van der Waals surface area (Å²) in [4.78, 5) is 12.1. The quantitative estimate of drug-likeness (QED) is 0.805. The Balaban J connectivity index is 1.68. The summed E-state index contributed by atoms with van der Waals surface area (Å²) in [7, 11) is 0. The summed E-state index contributed by atoms with van der Waals surface area (Å²) >= 11 is 0. The Kier molecular flexibility index (Phi) is 3.17. The van der Waals surface area contributed by atoms with Crippen LogP contribution in [0.1, 0.15) is 15.9 Å². The van der Waals surface area contributed by atoms with Gasteiger partial charge in [0, 0.05) is 30.9 Å². The van der Waals surface area contributed by atoms with Crippen molar-refractivity contribution in [2.24, 2.45) is 0 Å². The number of nitrogens with zero attached hydrogens (tertiary/aromatic N) is 1. The van der Waals surface area contributed by atoms with Gasteiger partial charge in [0.15, 0.2) is 0 Å². The van der Waals surface area contributed by atoms with Crippen molar-refractivity contribution in [2.75, 3.05) is 38.2 Å². The molecule has 2 aliphatic rings. The second kappa shape index (κ2) is 4.96. The molecule has 96 valence electrons. The predicted octanol–water partition coefficient (Wildman–Crippen LogP) is 0.632. The molecular weight excluding hydrogens is 230 g/mol. The lowest BCUT2D eigenvalue weighted by atomic mass is 10.1. The van der Waals surface area contributed by atoms with Gasteiger partial charge in [-0.25, -0.2) is 5.01 Å². The molecule has 0 saturated carbocycles. The molecule has 1 aromatic rings. The molecule has 5 nitrogen and oxygen atoms in total. The number of hydrazine groups is 1. The van der Waals surface area contributed by atoms with E-state index < -0.39 is 0 Å². The molecule has 0 aliphatic carbocycles. The average Bonchev–Trinajstić information content (AvgIpc) is 2.87. The van der Waals surface area contributed by atoms with Crippen LogP contribution in [0.2, 0.25) is 0 Å². The Labute approximate surface area is 106 Å². The van der Waals surface area contributed by atoms with Crippen molar-refractivity contribution >= 4 is 11.6 Å². The fourth-order valence-electron chi connectivity index (χ4n) is 2.33. The number of ether oxygens (including phenoxy) is 1. The maximum absolute atomic E-state index is 12.1. The van der Waals surface area contributed by atoms with E-state index in [1.807, 2.05) is 23.2 Å². The topological polar surface area (TPSA) is 53.6 Å². The Hall–Kier alpha value is -1.59. The first kappa shape index (κ1) is 11.5. The number of carbonyl (C=O) groups is 1. The van der Waals surface area contributed by atoms with Crippen LogP contribution in [0, 0.1) is 0 Å². The lowest BCUT2D eigenvalue weighted by Crippen LogP contribution is -2.48. The van der Waals surface area contributed by atoms with Gasteiger partial charge in [0.1, 0.15) is 0 Å². The van der Waals surface area contributed by atoms with E-state index in [9.17, 15) is 4.79 Å². The van der Waals surface area contributed by atoms with Crippen molar-refractivity contribution < 1.29 is 9.53 Å². The number of amides is 1. The van der Waals surface area contributed by atoms with Crippen LogP contribution in [0.4, 0.5) is 5.69 Å². The van der Waals surface area contributed by atoms with E-state index in [1.165, 1.54) is 5.56 Å². The maximum Gasteiger partial charge on any atom is 0.265 e. The zero-order valence-corrected chi connectivity index (χ0v) is 10.2. The van der Waals surface area contributed by atoms with E-state index in [0.717, 1.165) is 37.3 Å².